The third-order valence-corrected chi connectivity index (χ3v) is 3.66. The number of carbonyl (C=O) groups excluding carboxylic acids is 1. The Morgan fingerprint density at radius 2 is 2.00 bits per heavy atom. The molecular weight excluding hydrogens is 332 g/mol. The molecule has 0 aliphatic carbocycles. The first-order valence-electron chi connectivity index (χ1n) is 7.34. The first-order chi connectivity index (χ1) is 11.4. The van der Waals surface area contributed by atoms with Crippen molar-refractivity contribution in [1.29, 1.82) is 0 Å². The number of halogens is 1. The number of rotatable bonds is 6. The van der Waals surface area contributed by atoms with Crippen LogP contribution in [0.1, 0.15) is 25.3 Å². The van der Waals surface area contributed by atoms with Crippen LogP contribution in [0.5, 0.6) is 5.75 Å². The van der Waals surface area contributed by atoms with Gasteiger partial charge in [-0.2, -0.15) is 0 Å². The number of anilines is 1. The predicted octanol–water partition coefficient (Wildman–Crippen LogP) is 4.39. The summed E-state index contributed by atoms with van der Waals surface area (Å²) >= 11 is 5.95. The topological polar surface area (TPSA) is 81.5 Å². The van der Waals surface area contributed by atoms with Crippen molar-refractivity contribution in [1.82, 2.24) is 0 Å². The van der Waals surface area contributed by atoms with Crippen LogP contribution in [0, 0.1) is 10.1 Å². The summed E-state index contributed by atoms with van der Waals surface area (Å²) in [5, 5.41) is 13.5. The summed E-state index contributed by atoms with van der Waals surface area (Å²) < 4.78 is 5.56. The molecule has 2 aromatic carbocycles. The van der Waals surface area contributed by atoms with E-state index >= 15 is 0 Å². The zero-order valence-corrected chi connectivity index (χ0v) is 14.0. The zero-order valence-electron chi connectivity index (χ0n) is 13.3. The molecule has 0 heterocycles. The van der Waals surface area contributed by atoms with E-state index in [2.05, 4.69) is 5.32 Å². The largest absolute Gasteiger partial charge is 0.483 e. The van der Waals surface area contributed by atoms with Crippen LogP contribution >= 0.6 is 11.6 Å². The van der Waals surface area contributed by atoms with Gasteiger partial charge < -0.3 is 10.1 Å². The fraction of sp³-hybridized carbons (Fsp3) is 0.235. The van der Waals surface area contributed by atoms with Gasteiger partial charge in [-0.05, 0) is 23.6 Å². The van der Waals surface area contributed by atoms with Gasteiger partial charge in [0, 0.05) is 12.1 Å². The normalized spacial score (nSPS) is 10.5. The first-order valence-corrected chi connectivity index (χ1v) is 7.71. The average molecular weight is 349 g/mol. The molecule has 0 aromatic heterocycles. The number of hydrogen-bond donors (Lipinski definition) is 1. The molecule has 24 heavy (non-hydrogen) atoms. The maximum atomic E-state index is 12.0. The van der Waals surface area contributed by atoms with E-state index in [0.29, 0.717) is 5.75 Å². The minimum atomic E-state index is -0.554. The molecule has 0 atom stereocenters. The molecule has 2 aromatic rings. The number of nitro groups is 1. The van der Waals surface area contributed by atoms with Crippen LogP contribution in [0.2, 0.25) is 5.02 Å². The molecule has 1 amide bonds. The number of nitrogens with one attached hydrogen (secondary N) is 1. The molecule has 0 radical (unpaired) electrons. The Morgan fingerprint density at radius 3 is 2.67 bits per heavy atom. The van der Waals surface area contributed by atoms with Crippen LogP contribution in [-0.4, -0.2) is 17.4 Å². The molecule has 2 rings (SSSR count). The van der Waals surface area contributed by atoms with Crippen molar-refractivity contribution in [2.24, 2.45) is 0 Å². The Hall–Kier alpha value is -2.60. The molecule has 0 unspecified atom stereocenters. The van der Waals surface area contributed by atoms with Crippen molar-refractivity contribution in [2.45, 2.75) is 19.8 Å². The first kappa shape index (κ1) is 17.7. The van der Waals surface area contributed by atoms with Gasteiger partial charge in [-0.25, -0.2) is 0 Å². The maximum Gasteiger partial charge on any atom is 0.271 e. The van der Waals surface area contributed by atoms with Crippen molar-refractivity contribution >= 4 is 28.9 Å². The Balaban J connectivity index is 2.05. The lowest BCUT2D eigenvalue weighted by Crippen LogP contribution is -2.20. The van der Waals surface area contributed by atoms with Crippen LogP contribution < -0.4 is 10.1 Å². The molecule has 0 fully saturated rings. The lowest BCUT2D eigenvalue weighted by Gasteiger charge is -2.14. The summed E-state index contributed by atoms with van der Waals surface area (Å²) in [5.41, 5.74) is 1.02. The number of nitro benzene ring substituents is 1. The second kappa shape index (κ2) is 7.79. The van der Waals surface area contributed by atoms with E-state index < -0.39 is 10.8 Å². The highest BCUT2D eigenvalue weighted by molar-refractivity contribution is 6.33. The average Bonchev–Trinajstić information content (AvgIpc) is 2.55. The number of amides is 1. The number of hydrogen-bond acceptors (Lipinski definition) is 4. The molecule has 0 aliphatic heterocycles. The van der Waals surface area contributed by atoms with Gasteiger partial charge in [0.15, 0.2) is 6.61 Å². The van der Waals surface area contributed by atoms with E-state index in [0.717, 1.165) is 5.56 Å². The fourth-order valence-corrected chi connectivity index (χ4v) is 2.31. The smallest absolute Gasteiger partial charge is 0.271 e. The van der Waals surface area contributed by atoms with Gasteiger partial charge in [0.2, 0.25) is 0 Å². The van der Waals surface area contributed by atoms with E-state index in [4.69, 9.17) is 16.3 Å². The highest BCUT2D eigenvalue weighted by atomic mass is 35.5. The summed E-state index contributed by atoms with van der Waals surface area (Å²) in [5.74, 6) is 0.444. The van der Waals surface area contributed by atoms with Gasteiger partial charge in [0.25, 0.3) is 11.6 Å². The number of nitrogens with zero attached hydrogens (tertiary/aromatic N) is 1. The Bertz CT molecular complexity index is 762. The molecule has 6 nitrogen and oxygen atoms in total. The van der Waals surface area contributed by atoms with Gasteiger partial charge in [-0.3, -0.25) is 14.9 Å². The quantitative estimate of drug-likeness (QED) is 0.620. The van der Waals surface area contributed by atoms with Gasteiger partial charge in [0.05, 0.1) is 15.6 Å². The van der Waals surface area contributed by atoms with Crippen molar-refractivity contribution in [2.75, 3.05) is 11.9 Å². The van der Waals surface area contributed by atoms with Crippen LogP contribution in [0.3, 0.4) is 0 Å². The van der Waals surface area contributed by atoms with Crippen molar-refractivity contribution in [3.63, 3.8) is 0 Å². The molecule has 0 bridgehead atoms. The summed E-state index contributed by atoms with van der Waals surface area (Å²) in [7, 11) is 0. The molecule has 1 N–H and O–H groups in total. The standard InChI is InChI=1S/C17H17ClN2O4/c1-11(2)13-5-3-4-6-16(13)24-10-17(21)19-15-9-12(20(22)23)7-8-14(15)18/h3-9,11H,10H2,1-2H3,(H,19,21). The number of para-hydroxylation sites is 1. The Morgan fingerprint density at radius 1 is 1.29 bits per heavy atom. The van der Waals surface area contributed by atoms with E-state index in [1.54, 1.807) is 6.07 Å². The van der Waals surface area contributed by atoms with E-state index in [1.165, 1.54) is 18.2 Å². The SMILES string of the molecule is CC(C)c1ccccc1OCC(=O)Nc1cc([N+](=O)[O-])ccc1Cl. The van der Waals surface area contributed by atoms with E-state index in [-0.39, 0.29) is 28.9 Å². The predicted molar refractivity (Wildman–Crippen MR) is 92.8 cm³/mol. The third-order valence-electron chi connectivity index (χ3n) is 3.33. The highest BCUT2D eigenvalue weighted by Crippen LogP contribution is 2.27. The maximum absolute atomic E-state index is 12.0. The summed E-state index contributed by atoms with van der Waals surface area (Å²) in [6.07, 6.45) is 0. The fourth-order valence-electron chi connectivity index (χ4n) is 2.14. The number of ether oxygens (including phenoxy) is 1. The zero-order chi connectivity index (χ0) is 17.7. The van der Waals surface area contributed by atoms with Gasteiger partial charge in [0.1, 0.15) is 5.75 Å². The minimum Gasteiger partial charge on any atom is -0.483 e. The van der Waals surface area contributed by atoms with E-state index in [9.17, 15) is 14.9 Å². The van der Waals surface area contributed by atoms with Crippen molar-refractivity contribution < 1.29 is 14.5 Å². The van der Waals surface area contributed by atoms with Gasteiger partial charge in [-0.1, -0.05) is 43.6 Å². The van der Waals surface area contributed by atoms with Crippen LogP contribution in [0.25, 0.3) is 0 Å². The van der Waals surface area contributed by atoms with Crippen molar-refractivity contribution in [3.8, 4) is 5.75 Å². The number of carbonyl (C=O) groups is 1. The highest BCUT2D eigenvalue weighted by Gasteiger charge is 2.13. The number of benzene rings is 2. The summed E-state index contributed by atoms with van der Waals surface area (Å²) in [4.78, 5) is 22.3. The lowest BCUT2D eigenvalue weighted by molar-refractivity contribution is -0.384. The van der Waals surface area contributed by atoms with Gasteiger partial charge >= 0.3 is 0 Å². The molecule has 0 spiro atoms. The molecule has 0 saturated heterocycles. The van der Waals surface area contributed by atoms with E-state index in [1.807, 2.05) is 32.0 Å². The Kier molecular flexibility index (Phi) is 5.76. The van der Waals surface area contributed by atoms with Crippen LogP contribution in [0.4, 0.5) is 11.4 Å². The summed E-state index contributed by atoms with van der Waals surface area (Å²) in [6, 6.07) is 11.3. The lowest BCUT2D eigenvalue weighted by atomic mass is 10.0. The molecule has 7 heteroatoms. The van der Waals surface area contributed by atoms with Gasteiger partial charge in [-0.15, -0.1) is 0 Å². The van der Waals surface area contributed by atoms with Crippen LogP contribution in [0.15, 0.2) is 42.5 Å². The number of non-ortho nitro benzene ring substituents is 1. The van der Waals surface area contributed by atoms with Crippen molar-refractivity contribution in [3.05, 3.63) is 63.2 Å². The molecule has 126 valence electrons. The summed E-state index contributed by atoms with van der Waals surface area (Å²) in [6.45, 7) is 3.85. The monoisotopic (exact) mass is 348 g/mol. The second-order valence-corrected chi connectivity index (χ2v) is 5.86. The van der Waals surface area contributed by atoms with Crippen LogP contribution in [-0.2, 0) is 4.79 Å². The molecular formula is C17H17ClN2O4. The Labute approximate surface area is 144 Å². The third kappa shape index (κ3) is 4.45. The molecule has 0 aliphatic rings. The minimum absolute atomic E-state index is 0.152. The molecule has 0 saturated carbocycles. The second-order valence-electron chi connectivity index (χ2n) is 5.45.